The Balaban J connectivity index is 0.00000322. The maximum Gasteiger partial charge on any atom is 0.311 e. The van der Waals surface area contributed by atoms with E-state index in [1.807, 2.05) is 76.2 Å². The summed E-state index contributed by atoms with van der Waals surface area (Å²) in [6.45, 7) is 24.3. The first kappa shape index (κ1) is 36.1. The highest BCUT2D eigenvalue weighted by Crippen LogP contribution is 2.42. The van der Waals surface area contributed by atoms with E-state index in [1.165, 1.54) is 0 Å². The highest BCUT2D eigenvalue weighted by atomic mass is 16.5. The van der Waals surface area contributed by atoms with E-state index >= 15 is 0 Å². The average Bonchev–Trinajstić information content (AvgIpc) is 2.91. The van der Waals surface area contributed by atoms with E-state index in [9.17, 15) is 19.5 Å². The average molecular weight is 569 g/mol. The summed E-state index contributed by atoms with van der Waals surface area (Å²) in [6.07, 6.45) is 1.88. The summed E-state index contributed by atoms with van der Waals surface area (Å²) < 4.78 is 6.02. The Morgan fingerprint density at radius 3 is 1.88 bits per heavy atom. The maximum absolute atomic E-state index is 13.1. The van der Waals surface area contributed by atoms with Crippen LogP contribution in [0.1, 0.15) is 142 Å². The zero-order valence-electron chi connectivity index (χ0n) is 27.6. The van der Waals surface area contributed by atoms with Gasteiger partial charge in [-0.05, 0) is 47.6 Å². The van der Waals surface area contributed by atoms with Gasteiger partial charge in [-0.3, -0.25) is 14.4 Å². The number of phenols is 1. The van der Waals surface area contributed by atoms with Crippen LogP contribution in [0.3, 0.4) is 0 Å². The van der Waals surface area contributed by atoms with E-state index in [4.69, 9.17) is 4.74 Å². The van der Waals surface area contributed by atoms with Gasteiger partial charge in [0.1, 0.15) is 11.5 Å². The summed E-state index contributed by atoms with van der Waals surface area (Å²) in [5.74, 6) is 0.388. The molecule has 5 nitrogen and oxygen atoms in total. The Hall–Kier alpha value is -2.95. The zero-order valence-corrected chi connectivity index (χ0v) is 27.6. The van der Waals surface area contributed by atoms with E-state index in [1.54, 1.807) is 36.4 Å². The zero-order chi connectivity index (χ0) is 31.7. The van der Waals surface area contributed by atoms with Crippen LogP contribution in [0, 0.1) is 17.8 Å². The van der Waals surface area contributed by atoms with E-state index in [0.717, 1.165) is 17.5 Å². The standard InChI is InChI=1S/C32H42O5.2C2H6.H2/c1-19(13-14-21-16-27(34)23-11-9-10-12-24(23)29(21)36)20(2)15-28(35)37-30-25(31(3,4)5)17-22(33)18-26(30)32(6,7)8;2*1-2;/h9-12,17-21,33H,13-16H2,1-8H3;2*1-2H3;1H/t19-,20-,21?;;;/m0.../s1. The van der Waals surface area contributed by atoms with Gasteiger partial charge in [0.05, 0.1) is 0 Å². The molecule has 0 spiro atoms. The minimum absolute atomic E-state index is 0. The highest BCUT2D eigenvalue weighted by molar-refractivity contribution is 6.14. The lowest BCUT2D eigenvalue weighted by Gasteiger charge is -2.30. The number of ether oxygens (including phenoxy) is 1. The fraction of sp³-hybridized carbons (Fsp3) is 0.583. The number of benzene rings is 2. The number of Topliss-reactive ketones (excluding diaryl/α,β-unsaturated/α-hetero) is 2. The van der Waals surface area contributed by atoms with Gasteiger partial charge in [-0.2, -0.15) is 0 Å². The van der Waals surface area contributed by atoms with Crippen molar-refractivity contribution in [3.05, 3.63) is 58.7 Å². The summed E-state index contributed by atoms with van der Waals surface area (Å²) in [6, 6.07) is 10.4. The highest BCUT2D eigenvalue weighted by Gasteiger charge is 2.33. The number of carbonyl (C=O) groups excluding carboxylic acids is 3. The van der Waals surface area contributed by atoms with Crippen LogP contribution >= 0.6 is 0 Å². The maximum atomic E-state index is 13.1. The van der Waals surface area contributed by atoms with Gasteiger partial charge < -0.3 is 9.84 Å². The van der Waals surface area contributed by atoms with Crippen molar-refractivity contribution in [2.24, 2.45) is 17.8 Å². The molecule has 0 saturated carbocycles. The third-order valence-corrected chi connectivity index (χ3v) is 7.63. The number of rotatable bonds is 7. The molecule has 1 unspecified atom stereocenters. The molecule has 1 N–H and O–H groups in total. The molecular formula is C36H56O5. The number of hydrogen-bond donors (Lipinski definition) is 1. The van der Waals surface area contributed by atoms with Crippen molar-refractivity contribution in [1.82, 2.24) is 0 Å². The van der Waals surface area contributed by atoms with Gasteiger partial charge in [-0.25, -0.2) is 0 Å². The number of aromatic hydroxyl groups is 1. The first-order chi connectivity index (χ1) is 19.1. The normalized spacial score (nSPS) is 16.3. The van der Waals surface area contributed by atoms with Crippen LogP contribution in [0.15, 0.2) is 36.4 Å². The van der Waals surface area contributed by atoms with Crippen molar-refractivity contribution < 1.29 is 25.7 Å². The van der Waals surface area contributed by atoms with E-state index in [-0.39, 0.29) is 66.1 Å². The lowest BCUT2D eigenvalue weighted by Crippen LogP contribution is -2.28. The molecule has 0 saturated heterocycles. The first-order valence-electron chi connectivity index (χ1n) is 15.3. The minimum Gasteiger partial charge on any atom is -0.508 e. The summed E-state index contributed by atoms with van der Waals surface area (Å²) in [7, 11) is 0. The first-order valence-corrected chi connectivity index (χ1v) is 15.3. The van der Waals surface area contributed by atoms with Gasteiger partial charge in [0, 0.05) is 42.4 Å². The van der Waals surface area contributed by atoms with Crippen LogP contribution in [-0.2, 0) is 15.6 Å². The monoisotopic (exact) mass is 568 g/mol. The van der Waals surface area contributed by atoms with Crippen LogP contribution < -0.4 is 4.74 Å². The second-order valence-corrected chi connectivity index (χ2v) is 12.8. The summed E-state index contributed by atoms with van der Waals surface area (Å²) in [5.41, 5.74) is 2.02. The number of carbonyl (C=O) groups is 3. The number of esters is 1. The molecule has 3 rings (SSSR count). The van der Waals surface area contributed by atoms with Gasteiger partial charge in [0.2, 0.25) is 0 Å². The molecule has 0 aromatic heterocycles. The largest absolute Gasteiger partial charge is 0.508 e. The van der Waals surface area contributed by atoms with E-state index in [0.29, 0.717) is 23.3 Å². The lowest BCUT2D eigenvalue weighted by molar-refractivity contribution is -0.135. The molecule has 0 radical (unpaired) electrons. The molecular weight excluding hydrogens is 512 g/mol. The second-order valence-electron chi connectivity index (χ2n) is 12.8. The Morgan fingerprint density at radius 2 is 1.39 bits per heavy atom. The van der Waals surface area contributed by atoms with Crippen LogP contribution in [0.4, 0.5) is 0 Å². The summed E-state index contributed by atoms with van der Waals surface area (Å²) in [5, 5.41) is 10.4. The summed E-state index contributed by atoms with van der Waals surface area (Å²) >= 11 is 0. The molecule has 3 atom stereocenters. The molecule has 2 aromatic carbocycles. The molecule has 230 valence electrons. The Bertz CT molecular complexity index is 1150. The predicted molar refractivity (Wildman–Crippen MR) is 171 cm³/mol. The van der Waals surface area contributed by atoms with Crippen molar-refractivity contribution in [2.75, 3.05) is 0 Å². The van der Waals surface area contributed by atoms with Crippen LogP contribution in [0.5, 0.6) is 11.5 Å². The lowest BCUT2D eigenvalue weighted by atomic mass is 9.77. The van der Waals surface area contributed by atoms with Gasteiger partial charge in [0.25, 0.3) is 0 Å². The van der Waals surface area contributed by atoms with Crippen molar-refractivity contribution >= 4 is 17.5 Å². The molecule has 0 bridgehead atoms. The molecule has 1 aliphatic carbocycles. The Kier molecular flexibility index (Phi) is 13.5. The molecule has 0 aliphatic heterocycles. The molecule has 0 heterocycles. The van der Waals surface area contributed by atoms with E-state index < -0.39 is 0 Å². The number of hydrogen-bond acceptors (Lipinski definition) is 5. The summed E-state index contributed by atoms with van der Waals surface area (Å²) in [4.78, 5) is 38.6. The topological polar surface area (TPSA) is 80.7 Å². The van der Waals surface area contributed by atoms with E-state index in [2.05, 4.69) is 6.92 Å². The van der Waals surface area contributed by atoms with Crippen LogP contribution in [0.2, 0.25) is 0 Å². The molecule has 0 amide bonds. The Morgan fingerprint density at radius 1 is 0.902 bits per heavy atom. The molecule has 2 aromatic rings. The Labute approximate surface area is 250 Å². The number of ketones is 2. The SMILES string of the molecule is CC.CC.C[C@@H](CCC1CC(=O)c2ccccc2C1=O)[C@@H](C)CC(=O)Oc1c(C(C)(C)C)cc(O)cc1C(C)(C)C.[HH]. The van der Waals surface area contributed by atoms with Gasteiger partial charge in [0.15, 0.2) is 11.6 Å². The van der Waals surface area contributed by atoms with Crippen molar-refractivity contribution in [2.45, 2.75) is 120 Å². The van der Waals surface area contributed by atoms with Crippen molar-refractivity contribution in [3.63, 3.8) is 0 Å². The predicted octanol–water partition coefficient (Wildman–Crippen LogP) is 9.72. The second kappa shape index (κ2) is 15.3. The molecule has 41 heavy (non-hydrogen) atoms. The number of fused-ring (bicyclic) bond motifs is 1. The van der Waals surface area contributed by atoms with Crippen LogP contribution in [0.25, 0.3) is 0 Å². The number of phenolic OH excluding ortho intramolecular Hbond substituents is 1. The third kappa shape index (κ3) is 9.55. The minimum atomic E-state index is -0.324. The van der Waals surface area contributed by atoms with Crippen LogP contribution in [-0.4, -0.2) is 22.6 Å². The fourth-order valence-electron chi connectivity index (χ4n) is 5.03. The smallest absolute Gasteiger partial charge is 0.311 e. The molecule has 0 fully saturated rings. The fourth-order valence-corrected chi connectivity index (χ4v) is 5.03. The van der Waals surface area contributed by atoms with Gasteiger partial charge in [-0.1, -0.05) is 107 Å². The quantitative estimate of drug-likeness (QED) is 0.266. The van der Waals surface area contributed by atoms with Gasteiger partial charge in [-0.15, -0.1) is 0 Å². The van der Waals surface area contributed by atoms with Crippen molar-refractivity contribution in [1.29, 1.82) is 0 Å². The van der Waals surface area contributed by atoms with Crippen molar-refractivity contribution in [3.8, 4) is 11.5 Å². The molecule has 5 heteroatoms. The third-order valence-electron chi connectivity index (χ3n) is 7.63. The van der Waals surface area contributed by atoms with Gasteiger partial charge >= 0.3 is 5.97 Å². The molecule has 1 aliphatic rings.